The minimum absolute atomic E-state index is 0.128. The first kappa shape index (κ1) is 23.6. The third-order valence-electron chi connectivity index (χ3n) is 7.44. The number of amides is 1. The topological polar surface area (TPSA) is 68.3 Å². The first-order valence-corrected chi connectivity index (χ1v) is 14.2. The highest BCUT2D eigenvalue weighted by Gasteiger charge is 2.50. The molecule has 186 valence electrons. The predicted molar refractivity (Wildman–Crippen MR) is 145 cm³/mol. The van der Waals surface area contributed by atoms with Crippen LogP contribution in [0, 0.1) is 10.8 Å². The van der Waals surface area contributed by atoms with E-state index in [-0.39, 0.29) is 28.0 Å². The number of rotatable bonds is 5. The Morgan fingerprint density at radius 1 is 1.17 bits per heavy atom. The van der Waals surface area contributed by atoms with Crippen LogP contribution in [0.15, 0.2) is 68.5 Å². The Hall–Kier alpha value is -2.84. The number of benzene rings is 1. The third kappa shape index (κ3) is 4.10. The molecule has 1 aliphatic carbocycles. The number of nitrogens with zero attached hydrogens (tertiary/aromatic N) is 3. The van der Waals surface area contributed by atoms with Crippen molar-refractivity contribution in [3.63, 3.8) is 0 Å². The van der Waals surface area contributed by atoms with Gasteiger partial charge in [-0.1, -0.05) is 50.7 Å². The molecule has 4 heterocycles. The second-order valence-electron chi connectivity index (χ2n) is 11.2. The molecule has 2 aliphatic rings. The first-order chi connectivity index (χ1) is 17.2. The minimum Gasteiger partial charge on any atom is -0.464 e. The van der Waals surface area contributed by atoms with Gasteiger partial charge in [0.05, 0.1) is 23.1 Å². The van der Waals surface area contributed by atoms with E-state index in [9.17, 15) is 9.59 Å². The van der Waals surface area contributed by atoms with Gasteiger partial charge in [-0.05, 0) is 54.4 Å². The molecule has 1 aliphatic heterocycles. The number of furan rings is 1. The lowest BCUT2D eigenvalue weighted by Gasteiger charge is -2.39. The summed E-state index contributed by atoms with van der Waals surface area (Å²) < 4.78 is 7.22. The Bertz CT molecular complexity index is 1490. The van der Waals surface area contributed by atoms with Crippen molar-refractivity contribution in [2.24, 2.45) is 10.8 Å². The lowest BCUT2D eigenvalue weighted by molar-refractivity contribution is -0.129. The van der Waals surface area contributed by atoms with Crippen molar-refractivity contribution in [2.75, 3.05) is 12.3 Å². The summed E-state index contributed by atoms with van der Waals surface area (Å²) in [5, 5.41) is 2.99. The molecule has 3 aromatic heterocycles. The summed E-state index contributed by atoms with van der Waals surface area (Å²) in [6, 6.07) is 13.5. The van der Waals surface area contributed by atoms with Crippen LogP contribution >= 0.6 is 23.1 Å². The zero-order valence-electron chi connectivity index (χ0n) is 20.7. The zero-order valence-corrected chi connectivity index (χ0v) is 22.3. The standard InChI is InChI=1S/C28H29N3O3S2/c1-27(2)12-19-13-28(3,16-27)17-30(19)22(32)15-36-26-29-24-23(20(14-35-24)21-10-7-11-34-21)25(33)31(26)18-8-5-4-6-9-18/h4-11,14,19H,12-13,15-17H2,1-3H3/t19-,28-/m1/s1. The van der Waals surface area contributed by atoms with E-state index in [1.807, 2.05) is 47.8 Å². The van der Waals surface area contributed by atoms with Crippen molar-refractivity contribution in [2.45, 2.75) is 51.2 Å². The van der Waals surface area contributed by atoms with Crippen LogP contribution in [0.5, 0.6) is 0 Å². The molecule has 0 N–H and O–H groups in total. The van der Waals surface area contributed by atoms with Crippen molar-refractivity contribution in [1.82, 2.24) is 14.5 Å². The van der Waals surface area contributed by atoms with Gasteiger partial charge in [-0.15, -0.1) is 11.3 Å². The Morgan fingerprint density at radius 3 is 2.72 bits per heavy atom. The molecule has 36 heavy (non-hydrogen) atoms. The van der Waals surface area contributed by atoms with Gasteiger partial charge < -0.3 is 9.32 Å². The van der Waals surface area contributed by atoms with Crippen molar-refractivity contribution >= 4 is 39.2 Å². The van der Waals surface area contributed by atoms with E-state index < -0.39 is 0 Å². The van der Waals surface area contributed by atoms with Crippen molar-refractivity contribution in [3.8, 4) is 17.0 Å². The number of thioether (sulfide) groups is 1. The van der Waals surface area contributed by atoms with E-state index in [1.54, 1.807) is 10.8 Å². The first-order valence-electron chi connectivity index (χ1n) is 12.3. The Labute approximate surface area is 218 Å². The Balaban J connectivity index is 1.35. The molecule has 6 rings (SSSR count). The van der Waals surface area contributed by atoms with Crippen LogP contribution in [0.25, 0.3) is 27.2 Å². The normalized spacial score (nSPS) is 22.9. The number of thiophene rings is 1. The molecule has 6 nitrogen and oxygen atoms in total. The molecule has 1 saturated heterocycles. The number of aromatic nitrogens is 2. The van der Waals surface area contributed by atoms with Gasteiger partial charge >= 0.3 is 0 Å². The number of para-hydroxylation sites is 1. The maximum absolute atomic E-state index is 13.9. The van der Waals surface area contributed by atoms with Gasteiger partial charge in [0, 0.05) is 23.5 Å². The summed E-state index contributed by atoms with van der Waals surface area (Å²) in [6.07, 6.45) is 4.88. The number of fused-ring (bicyclic) bond motifs is 3. The number of carbonyl (C=O) groups excluding carboxylic acids is 1. The smallest absolute Gasteiger partial charge is 0.268 e. The predicted octanol–water partition coefficient (Wildman–Crippen LogP) is 6.23. The van der Waals surface area contributed by atoms with E-state index in [2.05, 4.69) is 25.7 Å². The van der Waals surface area contributed by atoms with Crippen LogP contribution in [0.3, 0.4) is 0 Å². The molecule has 1 aromatic carbocycles. The second-order valence-corrected chi connectivity index (χ2v) is 13.0. The van der Waals surface area contributed by atoms with Crippen LogP contribution in [0.4, 0.5) is 0 Å². The lowest BCUT2D eigenvalue weighted by atomic mass is 9.65. The van der Waals surface area contributed by atoms with Gasteiger partial charge in [0.1, 0.15) is 10.6 Å². The summed E-state index contributed by atoms with van der Waals surface area (Å²) in [5.74, 6) is 1.03. The van der Waals surface area contributed by atoms with Gasteiger partial charge in [-0.25, -0.2) is 4.98 Å². The molecule has 1 amide bonds. The van der Waals surface area contributed by atoms with Gasteiger partial charge in [-0.3, -0.25) is 14.2 Å². The van der Waals surface area contributed by atoms with E-state index in [1.165, 1.54) is 23.1 Å². The monoisotopic (exact) mass is 519 g/mol. The molecular formula is C28H29N3O3S2. The molecule has 1 saturated carbocycles. The molecule has 2 fully saturated rings. The SMILES string of the molecule is CC1(C)C[C@@H]2C[C@@](C)(CN2C(=O)CSc2nc3scc(-c4ccco4)c3c(=O)n2-c2ccccc2)C1. The van der Waals surface area contributed by atoms with E-state index in [0.717, 1.165) is 37.1 Å². The fourth-order valence-electron chi connectivity index (χ4n) is 6.45. The average Bonchev–Trinajstić information content (AvgIpc) is 3.55. The summed E-state index contributed by atoms with van der Waals surface area (Å²) in [5.41, 5.74) is 1.77. The van der Waals surface area contributed by atoms with E-state index in [0.29, 0.717) is 27.2 Å². The van der Waals surface area contributed by atoms with Gasteiger partial charge in [0.25, 0.3) is 5.56 Å². The van der Waals surface area contributed by atoms with Gasteiger partial charge in [0.15, 0.2) is 5.16 Å². The van der Waals surface area contributed by atoms with Crippen LogP contribution in [-0.2, 0) is 4.79 Å². The summed E-state index contributed by atoms with van der Waals surface area (Å²) in [7, 11) is 0. The molecule has 2 atom stereocenters. The fourth-order valence-corrected chi connectivity index (χ4v) is 8.31. The maximum Gasteiger partial charge on any atom is 0.268 e. The summed E-state index contributed by atoms with van der Waals surface area (Å²) >= 11 is 2.77. The minimum atomic E-state index is -0.153. The number of hydrogen-bond acceptors (Lipinski definition) is 6. The highest BCUT2D eigenvalue weighted by Crippen LogP contribution is 2.52. The van der Waals surface area contributed by atoms with E-state index >= 15 is 0 Å². The quantitative estimate of drug-likeness (QED) is 0.231. The van der Waals surface area contributed by atoms with Crippen LogP contribution < -0.4 is 5.56 Å². The van der Waals surface area contributed by atoms with Crippen LogP contribution in [0.1, 0.15) is 40.0 Å². The molecule has 2 bridgehead atoms. The Morgan fingerprint density at radius 2 is 1.97 bits per heavy atom. The molecule has 0 spiro atoms. The van der Waals surface area contributed by atoms with Crippen LogP contribution in [-0.4, -0.2) is 38.7 Å². The Kier molecular flexibility index (Phi) is 5.64. The summed E-state index contributed by atoms with van der Waals surface area (Å²) in [6.45, 7) is 7.76. The average molecular weight is 520 g/mol. The van der Waals surface area contributed by atoms with Crippen molar-refractivity contribution in [3.05, 3.63) is 64.5 Å². The zero-order chi connectivity index (χ0) is 25.1. The van der Waals surface area contributed by atoms with E-state index in [4.69, 9.17) is 9.40 Å². The molecule has 0 radical (unpaired) electrons. The highest BCUT2D eigenvalue weighted by atomic mass is 32.2. The van der Waals surface area contributed by atoms with Crippen molar-refractivity contribution < 1.29 is 9.21 Å². The van der Waals surface area contributed by atoms with Crippen LogP contribution in [0.2, 0.25) is 0 Å². The largest absolute Gasteiger partial charge is 0.464 e. The number of likely N-dealkylation sites (tertiary alicyclic amines) is 1. The third-order valence-corrected chi connectivity index (χ3v) is 9.23. The molecule has 0 unspecified atom stereocenters. The molecular weight excluding hydrogens is 490 g/mol. The maximum atomic E-state index is 13.9. The molecule has 8 heteroatoms. The van der Waals surface area contributed by atoms with Gasteiger partial charge in [0.2, 0.25) is 5.91 Å². The highest BCUT2D eigenvalue weighted by molar-refractivity contribution is 7.99. The number of hydrogen-bond donors (Lipinski definition) is 0. The second kappa shape index (κ2) is 8.63. The lowest BCUT2D eigenvalue weighted by Crippen LogP contribution is -2.38. The van der Waals surface area contributed by atoms with Crippen molar-refractivity contribution in [1.29, 1.82) is 0 Å². The van der Waals surface area contributed by atoms with Gasteiger partial charge in [-0.2, -0.15) is 0 Å². The molecule has 4 aromatic rings. The number of carbonyl (C=O) groups is 1. The fraction of sp³-hybridized carbons (Fsp3) is 0.393. The summed E-state index contributed by atoms with van der Waals surface area (Å²) in [4.78, 5) is 34.9.